The summed E-state index contributed by atoms with van der Waals surface area (Å²) in [6.45, 7) is 3.66. The molecule has 4 aromatic heterocycles. The Kier molecular flexibility index (Phi) is 8.72. The van der Waals surface area contributed by atoms with Crippen LogP contribution in [0.2, 0.25) is 0 Å². The predicted molar refractivity (Wildman–Crippen MR) is 186 cm³/mol. The number of para-hydroxylation sites is 1. The Morgan fingerprint density at radius 1 is 1.00 bits per heavy atom. The van der Waals surface area contributed by atoms with E-state index in [4.69, 9.17) is 5.73 Å². The number of aryl methyl sites for hydroxylation is 1. The number of nitrogens with two attached hydrogens (primary N) is 1. The highest BCUT2D eigenvalue weighted by Gasteiger charge is 2.22. The maximum atomic E-state index is 14.3. The minimum atomic E-state index is -3.54. The molecule has 0 fully saturated rings. The molecule has 4 heterocycles. The fourth-order valence-corrected chi connectivity index (χ4v) is 6.26. The zero-order chi connectivity index (χ0) is 34.0. The van der Waals surface area contributed by atoms with Gasteiger partial charge in [-0.05, 0) is 55.5 Å². The number of nitrogens with zero attached hydrogens (tertiary/aromatic N) is 5. The molecular weight excluding hydrogens is 649 g/mol. The van der Waals surface area contributed by atoms with Gasteiger partial charge >= 0.3 is 0 Å². The molecule has 0 aliphatic carbocycles. The van der Waals surface area contributed by atoms with Crippen LogP contribution in [0.4, 0.5) is 11.5 Å². The molecule has 48 heavy (non-hydrogen) atoms. The summed E-state index contributed by atoms with van der Waals surface area (Å²) in [5, 5.41) is 4.92. The van der Waals surface area contributed by atoms with Gasteiger partial charge in [0.2, 0.25) is 10.0 Å². The maximum absolute atomic E-state index is 14.3. The van der Waals surface area contributed by atoms with E-state index in [0.29, 0.717) is 33.3 Å². The Morgan fingerprint density at radius 2 is 1.79 bits per heavy atom. The molecule has 1 unspecified atom stereocenters. The number of hydrogen-bond acceptors (Lipinski definition) is 10. The molecule has 14 heteroatoms. The van der Waals surface area contributed by atoms with E-state index >= 15 is 0 Å². The van der Waals surface area contributed by atoms with Gasteiger partial charge in [0.25, 0.3) is 11.5 Å². The molecular formula is C34H28N8O4S2. The molecule has 0 bridgehead atoms. The van der Waals surface area contributed by atoms with E-state index in [-0.39, 0.29) is 28.5 Å². The zero-order valence-corrected chi connectivity index (χ0v) is 27.6. The molecule has 0 radical (unpaired) electrons. The third-order valence-electron chi connectivity index (χ3n) is 7.18. The van der Waals surface area contributed by atoms with Crippen molar-refractivity contribution >= 4 is 49.5 Å². The van der Waals surface area contributed by atoms with Crippen LogP contribution in [0.1, 0.15) is 44.6 Å². The Hall–Kier alpha value is -5.91. The van der Waals surface area contributed by atoms with Crippen molar-refractivity contribution < 1.29 is 13.2 Å². The van der Waals surface area contributed by atoms with Crippen molar-refractivity contribution in [1.29, 1.82) is 0 Å². The number of benzene rings is 2. The van der Waals surface area contributed by atoms with Crippen molar-refractivity contribution in [3.8, 4) is 28.8 Å². The normalized spacial score (nSPS) is 11.8. The van der Waals surface area contributed by atoms with Gasteiger partial charge in [-0.3, -0.25) is 23.9 Å². The third kappa shape index (κ3) is 6.92. The lowest BCUT2D eigenvalue weighted by molar-refractivity contribution is 0.0934. The number of hydrogen-bond donors (Lipinski definition) is 3. The Bertz CT molecular complexity index is 2430. The van der Waals surface area contributed by atoms with Gasteiger partial charge in [-0.2, -0.15) is 0 Å². The van der Waals surface area contributed by atoms with E-state index < -0.39 is 22.0 Å². The number of anilines is 2. The number of fused-ring (bicyclic) bond motifs is 1. The Labute approximate surface area is 279 Å². The molecule has 6 rings (SSSR count). The van der Waals surface area contributed by atoms with E-state index in [0.717, 1.165) is 16.1 Å². The Balaban J connectivity index is 1.38. The van der Waals surface area contributed by atoms with Crippen LogP contribution in [-0.2, 0) is 10.0 Å². The number of carbonyl (C=O) groups excluding carboxylic acids is 1. The zero-order valence-electron chi connectivity index (χ0n) is 25.9. The second-order valence-electron chi connectivity index (χ2n) is 10.8. The average molecular weight is 677 g/mol. The van der Waals surface area contributed by atoms with Gasteiger partial charge in [-0.15, -0.1) is 11.3 Å². The topological polar surface area (TPSA) is 175 Å². The summed E-state index contributed by atoms with van der Waals surface area (Å²) in [7, 11) is -3.54. The van der Waals surface area contributed by atoms with Crippen molar-refractivity contribution in [3.05, 3.63) is 123 Å². The number of rotatable bonds is 7. The van der Waals surface area contributed by atoms with Crippen LogP contribution in [0.25, 0.3) is 27.7 Å². The van der Waals surface area contributed by atoms with Gasteiger partial charge in [0.1, 0.15) is 0 Å². The summed E-state index contributed by atoms with van der Waals surface area (Å²) in [5.41, 5.74) is 8.23. The van der Waals surface area contributed by atoms with E-state index in [1.165, 1.54) is 36.0 Å². The summed E-state index contributed by atoms with van der Waals surface area (Å²) in [6.07, 6.45) is 6.90. The highest BCUT2D eigenvalue weighted by Crippen LogP contribution is 2.25. The summed E-state index contributed by atoms with van der Waals surface area (Å²) >= 11 is 1.48. The number of carbonyl (C=O) groups is 1. The summed E-state index contributed by atoms with van der Waals surface area (Å²) < 4.78 is 27.3. The highest BCUT2D eigenvalue weighted by atomic mass is 32.2. The molecule has 0 aliphatic rings. The molecule has 0 saturated heterocycles. The summed E-state index contributed by atoms with van der Waals surface area (Å²) in [4.78, 5) is 45.6. The second kappa shape index (κ2) is 13.1. The first kappa shape index (κ1) is 32.0. The molecule has 0 aliphatic heterocycles. The van der Waals surface area contributed by atoms with Crippen LogP contribution >= 0.6 is 11.3 Å². The van der Waals surface area contributed by atoms with Crippen LogP contribution < -0.4 is 21.3 Å². The van der Waals surface area contributed by atoms with E-state index in [9.17, 15) is 18.0 Å². The number of nitrogens with one attached hydrogen (secondary N) is 2. The van der Waals surface area contributed by atoms with Crippen LogP contribution in [0.15, 0.2) is 90.2 Å². The van der Waals surface area contributed by atoms with Crippen LogP contribution in [0.5, 0.6) is 0 Å². The van der Waals surface area contributed by atoms with Gasteiger partial charge in [0.15, 0.2) is 11.5 Å². The van der Waals surface area contributed by atoms with Crippen LogP contribution in [0, 0.1) is 18.8 Å². The molecule has 12 nitrogen and oxygen atoms in total. The minimum Gasteiger partial charge on any atom is -0.382 e. The first-order valence-electron chi connectivity index (χ1n) is 14.5. The molecule has 0 saturated carbocycles. The molecule has 240 valence electrons. The first-order valence-corrected chi connectivity index (χ1v) is 17.2. The van der Waals surface area contributed by atoms with Crippen molar-refractivity contribution in [2.75, 3.05) is 16.7 Å². The maximum Gasteiger partial charge on any atom is 0.274 e. The smallest absolute Gasteiger partial charge is 0.274 e. The average Bonchev–Trinajstić information content (AvgIpc) is 3.48. The fourth-order valence-electron chi connectivity index (χ4n) is 5.09. The van der Waals surface area contributed by atoms with Crippen LogP contribution in [0.3, 0.4) is 0 Å². The van der Waals surface area contributed by atoms with Crippen molar-refractivity contribution in [2.24, 2.45) is 0 Å². The van der Waals surface area contributed by atoms with Gasteiger partial charge < -0.3 is 11.1 Å². The van der Waals surface area contributed by atoms with E-state index in [1.54, 1.807) is 17.7 Å². The SMILES string of the molecule is Cc1ncc(C#Cc2cccc3cc(C(C)NC(=O)c4nc(-c5cncc(NS(C)(=O)=O)c5)cnc4N)n(-c4ccccc4)c(=O)c23)s1. The van der Waals surface area contributed by atoms with Gasteiger partial charge in [0, 0.05) is 28.7 Å². The molecule has 1 atom stereocenters. The number of aromatic nitrogens is 5. The monoisotopic (exact) mass is 676 g/mol. The fraction of sp³-hybridized carbons (Fsp3) is 0.118. The lowest BCUT2D eigenvalue weighted by atomic mass is 10.0. The van der Waals surface area contributed by atoms with Crippen molar-refractivity contribution in [3.63, 3.8) is 0 Å². The quantitative estimate of drug-likeness (QED) is 0.206. The second-order valence-corrected chi connectivity index (χ2v) is 13.8. The molecule has 2 aromatic carbocycles. The Morgan fingerprint density at radius 3 is 2.52 bits per heavy atom. The van der Waals surface area contributed by atoms with Gasteiger partial charge in [0.05, 0.1) is 57.5 Å². The van der Waals surface area contributed by atoms with E-state index in [1.807, 2.05) is 61.5 Å². The van der Waals surface area contributed by atoms with Crippen LogP contribution in [-0.4, -0.2) is 45.1 Å². The van der Waals surface area contributed by atoms with Gasteiger partial charge in [-0.25, -0.2) is 23.4 Å². The lowest BCUT2D eigenvalue weighted by Crippen LogP contribution is -2.33. The van der Waals surface area contributed by atoms with Crippen molar-refractivity contribution in [1.82, 2.24) is 29.8 Å². The number of amides is 1. The summed E-state index contributed by atoms with van der Waals surface area (Å²) in [5.74, 6) is 5.53. The first-order chi connectivity index (χ1) is 23.0. The number of sulfonamides is 1. The standard InChI is InChI=1S/C34H28N8O4S2/c1-20(39-33(43)31-32(35)38-19-28(40-31)24-14-25(17-36-16-24)41-48(3,45)46)29-15-23-9-7-8-22(12-13-27-18-37-21(2)47-27)30(23)34(44)42(29)26-10-5-4-6-11-26/h4-11,14-20,41H,1-3H3,(H2,35,38)(H,39,43). The predicted octanol–water partition coefficient (Wildman–Crippen LogP) is 4.45. The van der Waals surface area contributed by atoms with E-state index in [2.05, 4.69) is 41.8 Å². The number of nitrogen functional groups attached to an aromatic ring is 1. The minimum absolute atomic E-state index is 0.111. The summed E-state index contributed by atoms with van der Waals surface area (Å²) in [6, 6.07) is 17.3. The molecule has 6 aromatic rings. The van der Waals surface area contributed by atoms with Crippen molar-refractivity contribution in [2.45, 2.75) is 19.9 Å². The lowest BCUT2D eigenvalue weighted by Gasteiger charge is -2.21. The highest BCUT2D eigenvalue weighted by molar-refractivity contribution is 7.92. The molecule has 0 spiro atoms. The largest absolute Gasteiger partial charge is 0.382 e. The van der Waals surface area contributed by atoms with Gasteiger partial charge in [-0.1, -0.05) is 36.3 Å². The molecule has 1 amide bonds. The molecule has 4 N–H and O–H groups in total. The number of thiazole rings is 1. The number of pyridine rings is 2. The third-order valence-corrected chi connectivity index (χ3v) is 8.61.